The van der Waals surface area contributed by atoms with Crippen molar-refractivity contribution in [3.63, 3.8) is 0 Å². The summed E-state index contributed by atoms with van der Waals surface area (Å²) < 4.78 is 3.75. The van der Waals surface area contributed by atoms with Crippen molar-refractivity contribution in [3.05, 3.63) is 86.4 Å². The number of ketones is 1. The number of fused-ring (bicyclic) bond motifs is 4. The summed E-state index contributed by atoms with van der Waals surface area (Å²) in [5.41, 5.74) is 5.77. The van der Waals surface area contributed by atoms with Gasteiger partial charge in [-0.25, -0.2) is 9.97 Å². The molecule has 0 radical (unpaired) electrons. The highest BCUT2D eigenvalue weighted by atomic mass is 35.5. The molecule has 2 saturated carbocycles. The first kappa shape index (κ1) is 38.8. The van der Waals surface area contributed by atoms with Crippen molar-refractivity contribution in [2.45, 2.75) is 83.9 Å². The number of nitrogens with one attached hydrogen (secondary N) is 1. The van der Waals surface area contributed by atoms with E-state index < -0.39 is 17.5 Å². The van der Waals surface area contributed by atoms with E-state index in [9.17, 15) is 24.6 Å². The van der Waals surface area contributed by atoms with Gasteiger partial charge in [-0.2, -0.15) is 0 Å². The number of carboxylic acid groups (broad SMARTS) is 1. The molecule has 4 aliphatic rings. The van der Waals surface area contributed by atoms with Crippen molar-refractivity contribution in [2.24, 2.45) is 24.9 Å². The largest absolute Gasteiger partial charge is 0.481 e. The van der Waals surface area contributed by atoms with Gasteiger partial charge in [-0.3, -0.25) is 24.2 Å². The predicted octanol–water partition coefficient (Wildman–Crippen LogP) is 6.33. The topological polar surface area (TPSA) is 146 Å². The Kier molecular flexibility index (Phi) is 10.4. The fourth-order valence-electron chi connectivity index (χ4n) is 9.88. The Morgan fingerprint density at radius 3 is 2.12 bits per heavy atom. The number of hydrogen-bond acceptors (Lipinski definition) is 8. The summed E-state index contributed by atoms with van der Waals surface area (Å²) in [4.78, 5) is 53.4. The van der Waals surface area contributed by atoms with Crippen LogP contribution in [0.25, 0.3) is 11.1 Å². The highest BCUT2D eigenvalue weighted by Gasteiger charge is 2.57. The molecule has 8 rings (SSSR count). The Morgan fingerprint density at radius 1 is 0.857 bits per heavy atom. The molecule has 2 fully saturated rings. The van der Waals surface area contributed by atoms with Gasteiger partial charge in [0, 0.05) is 88.6 Å². The van der Waals surface area contributed by atoms with E-state index in [1.165, 1.54) is 0 Å². The normalized spacial score (nSPS) is 22.5. The SMILES string of the molecule is C[C@@H](O)CN1CCc2c(nc(C(=O)Cc3cccc(-c4cccc(NC(=O)c5nc6c(n5C)CCN(CCC57CCC(C(=O)O)(CC5)C7)C6)c4Cl)c3Cl)n2C)C1. The average Bonchev–Trinajstić information content (AvgIpc) is 3.92. The third-order valence-electron chi connectivity index (χ3n) is 13.0. The van der Waals surface area contributed by atoms with E-state index in [1.54, 1.807) is 19.1 Å². The Hall–Kier alpha value is -4.07. The number of nitrogens with zero attached hydrogens (tertiary/aromatic N) is 6. The fourth-order valence-corrected chi connectivity index (χ4v) is 10.5. The van der Waals surface area contributed by atoms with Gasteiger partial charge in [-0.05, 0) is 69.0 Å². The van der Waals surface area contributed by atoms with Crippen LogP contribution in [-0.4, -0.2) is 89.1 Å². The van der Waals surface area contributed by atoms with Gasteiger partial charge in [0.25, 0.3) is 5.91 Å². The number of carboxylic acids is 1. The van der Waals surface area contributed by atoms with Crippen LogP contribution in [0.15, 0.2) is 36.4 Å². The molecule has 2 aromatic carbocycles. The van der Waals surface area contributed by atoms with Crippen molar-refractivity contribution >= 4 is 46.5 Å². The molecule has 1 atom stereocenters. The first-order chi connectivity index (χ1) is 26.8. The standard InChI is InChI=1S/C42H49Cl2N7O5/c1-25(52)21-51-18-11-32-31(23-51)45-37(48(32)2)34(53)20-26-6-4-7-27(35(26)43)28-8-5-9-29(36(28)44)47-39(54)38-46-30-22-50(17-10-33(30)49(38)3)19-16-41-12-14-42(24-41,15-13-41)40(55)56/h4-9,25,52H,10-24H2,1-3H3,(H,47,54)(H,55,56)/t25-,41?,42?/m1/s1. The minimum Gasteiger partial charge on any atom is -0.481 e. The lowest BCUT2D eigenvalue weighted by Crippen LogP contribution is -2.36. The number of rotatable bonds is 12. The molecule has 4 heterocycles. The molecule has 2 bridgehead atoms. The number of hydrogen-bond donors (Lipinski definition) is 3. The van der Waals surface area contributed by atoms with Crippen LogP contribution in [0.3, 0.4) is 0 Å². The molecule has 2 aliphatic heterocycles. The maximum atomic E-state index is 13.7. The van der Waals surface area contributed by atoms with Gasteiger partial charge in [0.05, 0.1) is 38.6 Å². The van der Waals surface area contributed by atoms with Gasteiger partial charge < -0.3 is 24.7 Å². The lowest BCUT2D eigenvalue weighted by molar-refractivity contribution is -0.148. The van der Waals surface area contributed by atoms with Crippen LogP contribution in [0.5, 0.6) is 0 Å². The summed E-state index contributed by atoms with van der Waals surface area (Å²) in [6.07, 6.45) is 6.49. The number of Topliss-reactive ketones (excluding diaryl/α,β-unsaturated/α-hetero) is 1. The Labute approximate surface area is 336 Å². The molecular formula is C42H49Cl2N7O5. The number of β-amino-alcohol motifs (C(OH)–C–C–N with tert-alkyl or cyclic N) is 1. The van der Waals surface area contributed by atoms with Crippen LogP contribution in [-0.2, 0) is 51.2 Å². The van der Waals surface area contributed by atoms with Crippen molar-refractivity contribution in [1.82, 2.24) is 28.9 Å². The molecule has 0 unspecified atom stereocenters. The van der Waals surface area contributed by atoms with E-state index in [0.29, 0.717) is 63.7 Å². The highest BCUT2D eigenvalue weighted by Crippen LogP contribution is 2.63. The second-order valence-electron chi connectivity index (χ2n) is 16.6. The van der Waals surface area contributed by atoms with E-state index >= 15 is 0 Å². The Bertz CT molecular complexity index is 2220. The van der Waals surface area contributed by atoms with Gasteiger partial charge in [0.15, 0.2) is 11.6 Å². The molecule has 3 N–H and O–H groups in total. The lowest BCUT2D eigenvalue weighted by atomic mass is 9.80. The smallest absolute Gasteiger partial charge is 0.309 e. The van der Waals surface area contributed by atoms with Gasteiger partial charge in [-0.15, -0.1) is 0 Å². The minimum absolute atomic E-state index is 0.0510. The second-order valence-corrected chi connectivity index (χ2v) is 17.4. The van der Waals surface area contributed by atoms with E-state index in [0.717, 1.165) is 93.8 Å². The number of amides is 1. The number of aliphatic hydroxyl groups is 1. The molecule has 1 amide bonds. The Balaban J connectivity index is 0.938. The number of carbonyl (C=O) groups excluding carboxylic acids is 2. The summed E-state index contributed by atoms with van der Waals surface area (Å²) in [7, 11) is 3.74. The number of aliphatic hydroxyl groups excluding tert-OH is 1. The van der Waals surface area contributed by atoms with Crippen LogP contribution >= 0.6 is 23.2 Å². The third-order valence-corrected chi connectivity index (χ3v) is 13.9. The monoisotopic (exact) mass is 801 g/mol. The minimum atomic E-state index is -0.629. The molecule has 0 spiro atoms. The van der Waals surface area contributed by atoms with Crippen LogP contribution in [0, 0.1) is 10.8 Å². The zero-order valence-electron chi connectivity index (χ0n) is 32.2. The molecule has 2 aromatic heterocycles. The summed E-state index contributed by atoms with van der Waals surface area (Å²) in [6.45, 7) is 6.11. The molecule has 56 heavy (non-hydrogen) atoms. The van der Waals surface area contributed by atoms with Gasteiger partial charge in [0.2, 0.25) is 5.78 Å². The number of aromatic nitrogens is 4. The summed E-state index contributed by atoms with van der Waals surface area (Å²) in [5.74, 6) is -0.459. The molecule has 2 aliphatic carbocycles. The van der Waals surface area contributed by atoms with Crippen LogP contribution in [0.2, 0.25) is 10.0 Å². The van der Waals surface area contributed by atoms with E-state index in [2.05, 4.69) is 15.1 Å². The fraction of sp³-hybridized carbons (Fsp3) is 0.500. The maximum absolute atomic E-state index is 13.7. The quantitative estimate of drug-likeness (QED) is 0.140. The van der Waals surface area contributed by atoms with Crippen molar-refractivity contribution in [2.75, 3.05) is 31.5 Å². The number of imidazole rings is 2. The zero-order chi connectivity index (χ0) is 39.5. The molecule has 0 saturated heterocycles. The molecule has 12 nitrogen and oxygen atoms in total. The van der Waals surface area contributed by atoms with Crippen LogP contribution < -0.4 is 5.32 Å². The molecule has 14 heteroatoms. The maximum Gasteiger partial charge on any atom is 0.309 e. The summed E-state index contributed by atoms with van der Waals surface area (Å²) in [6, 6.07) is 10.9. The van der Waals surface area contributed by atoms with Crippen LogP contribution in [0.4, 0.5) is 5.69 Å². The van der Waals surface area contributed by atoms with E-state index in [4.69, 9.17) is 33.2 Å². The molecule has 296 valence electrons. The number of carbonyl (C=O) groups is 3. The second kappa shape index (κ2) is 15.0. The zero-order valence-corrected chi connectivity index (χ0v) is 33.7. The number of aliphatic carboxylic acids is 1. The van der Waals surface area contributed by atoms with E-state index in [1.807, 2.05) is 47.5 Å². The summed E-state index contributed by atoms with van der Waals surface area (Å²) >= 11 is 14.0. The number of anilines is 1. The number of halogens is 2. The predicted molar refractivity (Wildman–Crippen MR) is 214 cm³/mol. The number of benzene rings is 2. The van der Waals surface area contributed by atoms with Gasteiger partial charge in [-0.1, -0.05) is 53.5 Å². The van der Waals surface area contributed by atoms with Crippen LogP contribution in [0.1, 0.15) is 95.0 Å². The van der Waals surface area contributed by atoms with Gasteiger partial charge in [0.1, 0.15) is 0 Å². The Morgan fingerprint density at radius 2 is 1.46 bits per heavy atom. The first-order valence-corrected chi connectivity index (χ1v) is 20.4. The van der Waals surface area contributed by atoms with E-state index in [-0.39, 0.29) is 23.5 Å². The molecular weight excluding hydrogens is 753 g/mol. The van der Waals surface area contributed by atoms with Gasteiger partial charge >= 0.3 is 5.97 Å². The van der Waals surface area contributed by atoms with Crippen molar-refractivity contribution in [1.29, 1.82) is 0 Å². The van der Waals surface area contributed by atoms with Crippen molar-refractivity contribution < 1.29 is 24.6 Å². The first-order valence-electron chi connectivity index (χ1n) is 19.6. The third kappa shape index (κ3) is 7.08. The summed E-state index contributed by atoms with van der Waals surface area (Å²) in [5, 5.41) is 23.4. The lowest BCUT2D eigenvalue weighted by Gasteiger charge is -2.32. The highest BCUT2D eigenvalue weighted by molar-refractivity contribution is 6.39. The average molecular weight is 803 g/mol. The van der Waals surface area contributed by atoms with Crippen molar-refractivity contribution in [3.8, 4) is 11.1 Å². The molecule has 4 aromatic rings.